The predicted octanol–water partition coefficient (Wildman–Crippen LogP) is 5.51. The molecule has 134 valence electrons. The van der Waals surface area contributed by atoms with Crippen molar-refractivity contribution in [2.75, 3.05) is 5.32 Å². The fourth-order valence-electron chi connectivity index (χ4n) is 4.07. The monoisotopic (exact) mass is 374 g/mol. The first-order chi connectivity index (χ1) is 11.9. The maximum Gasteiger partial charge on any atom is 0.256 e. The quantitative estimate of drug-likeness (QED) is 0.743. The van der Waals surface area contributed by atoms with Gasteiger partial charge in [0, 0.05) is 9.75 Å². The van der Waals surface area contributed by atoms with Crippen LogP contribution in [0.3, 0.4) is 0 Å². The molecule has 2 atom stereocenters. The average molecular weight is 375 g/mol. The standard InChI is InChI=1S/C20H26N2OS2/c1-5-20(3,4)12-6-7-13-14(10-12)25-19-15(13)18(23)21-17(22-19)16-11(2)8-9-24-16/h8-9,12,17,22H,5-7,10H2,1-4H3,(H,21,23)/t12-,17-/m0/s1. The molecule has 5 heteroatoms. The Morgan fingerprint density at radius 2 is 2.12 bits per heavy atom. The Balaban J connectivity index is 1.65. The van der Waals surface area contributed by atoms with E-state index >= 15 is 0 Å². The Bertz CT molecular complexity index is 818. The van der Waals surface area contributed by atoms with E-state index in [1.807, 2.05) is 11.3 Å². The van der Waals surface area contributed by atoms with E-state index in [0.29, 0.717) is 11.3 Å². The summed E-state index contributed by atoms with van der Waals surface area (Å²) in [6, 6.07) is 2.11. The van der Waals surface area contributed by atoms with Crippen LogP contribution in [0.5, 0.6) is 0 Å². The number of hydrogen-bond acceptors (Lipinski definition) is 4. The minimum Gasteiger partial charge on any atom is -0.352 e. The molecule has 3 nitrogen and oxygen atoms in total. The summed E-state index contributed by atoms with van der Waals surface area (Å²) in [5, 5.41) is 9.92. The summed E-state index contributed by atoms with van der Waals surface area (Å²) >= 11 is 3.51. The number of carbonyl (C=O) groups is 1. The predicted molar refractivity (Wildman–Crippen MR) is 107 cm³/mol. The summed E-state index contributed by atoms with van der Waals surface area (Å²) in [7, 11) is 0. The molecule has 1 aliphatic carbocycles. The largest absolute Gasteiger partial charge is 0.352 e. The minimum absolute atomic E-state index is 0.0945. The van der Waals surface area contributed by atoms with Crippen LogP contribution >= 0.6 is 22.7 Å². The maximum atomic E-state index is 12.8. The first-order valence-corrected chi connectivity index (χ1v) is 10.9. The topological polar surface area (TPSA) is 41.1 Å². The van der Waals surface area contributed by atoms with Crippen LogP contribution in [0.25, 0.3) is 0 Å². The zero-order valence-corrected chi connectivity index (χ0v) is 17.0. The highest BCUT2D eigenvalue weighted by molar-refractivity contribution is 7.16. The van der Waals surface area contributed by atoms with Crippen LogP contribution in [0.4, 0.5) is 5.00 Å². The van der Waals surface area contributed by atoms with Crippen molar-refractivity contribution in [2.45, 2.75) is 59.5 Å². The second-order valence-corrected chi connectivity index (χ2v) is 10.1. The summed E-state index contributed by atoms with van der Waals surface area (Å²) in [5.41, 5.74) is 3.82. The van der Waals surface area contributed by atoms with E-state index in [9.17, 15) is 4.79 Å². The summed E-state index contributed by atoms with van der Waals surface area (Å²) in [6.45, 7) is 9.16. The van der Waals surface area contributed by atoms with Gasteiger partial charge < -0.3 is 10.6 Å². The number of anilines is 1. The maximum absolute atomic E-state index is 12.8. The van der Waals surface area contributed by atoms with Crippen molar-refractivity contribution in [3.05, 3.63) is 37.9 Å². The van der Waals surface area contributed by atoms with Gasteiger partial charge in [-0.2, -0.15) is 0 Å². The molecule has 0 radical (unpaired) electrons. The van der Waals surface area contributed by atoms with Gasteiger partial charge in [-0.05, 0) is 60.1 Å². The van der Waals surface area contributed by atoms with Gasteiger partial charge in [-0.15, -0.1) is 22.7 Å². The van der Waals surface area contributed by atoms with Gasteiger partial charge in [0.25, 0.3) is 5.91 Å². The third-order valence-corrected chi connectivity index (χ3v) is 8.49. The molecule has 0 aromatic carbocycles. The lowest BCUT2D eigenvalue weighted by Crippen LogP contribution is -2.38. The third-order valence-electron chi connectivity index (χ3n) is 6.22. The highest BCUT2D eigenvalue weighted by Crippen LogP contribution is 2.47. The van der Waals surface area contributed by atoms with Gasteiger partial charge in [-0.3, -0.25) is 4.79 Å². The van der Waals surface area contributed by atoms with Crippen LogP contribution in [0, 0.1) is 18.3 Å². The molecule has 4 rings (SSSR count). The zero-order chi connectivity index (χ0) is 17.8. The van der Waals surface area contributed by atoms with Crippen molar-refractivity contribution in [3.63, 3.8) is 0 Å². The van der Waals surface area contributed by atoms with Gasteiger partial charge in [-0.25, -0.2) is 0 Å². The van der Waals surface area contributed by atoms with Crippen LogP contribution in [0.1, 0.15) is 71.0 Å². The smallest absolute Gasteiger partial charge is 0.256 e. The molecular weight excluding hydrogens is 348 g/mol. The van der Waals surface area contributed by atoms with E-state index in [0.717, 1.165) is 23.4 Å². The van der Waals surface area contributed by atoms with E-state index in [1.165, 1.54) is 33.7 Å². The molecule has 0 bridgehead atoms. The minimum atomic E-state index is -0.0945. The first-order valence-electron chi connectivity index (χ1n) is 9.16. The van der Waals surface area contributed by atoms with Crippen LogP contribution in [0.15, 0.2) is 11.4 Å². The van der Waals surface area contributed by atoms with Crippen LogP contribution < -0.4 is 10.6 Å². The van der Waals surface area contributed by atoms with Gasteiger partial charge in [0.05, 0.1) is 5.56 Å². The molecule has 3 heterocycles. The SMILES string of the molecule is CCC(C)(C)[C@H]1CCc2c(sc3c2C(=O)N[C@H](c2sccc2C)N3)C1. The van der Waals surface area contributed by atoms with E-state index in [4.69, 9.17) is 0 Å². The number of aryl methyl sites for hydroxylation is 1. The summed E-state index contributed by atoms with van der Waals surface area (Å²) < 4.78 is 0. The lowest BCUT2D eigenvalue weighted by molar-refractivity contribution is 0.0935. The second kappa shape index (κ2) is 6.13. The summed E-state index contributed by atoms with van der Waals surface area (Å²) in [4.78, 5) is 15.5. The number of amides is 1. The molecule has 2 N–H and O–H groups in total. The van der Waals surface area contributed by atoms with Gasteiger partial charge >= 0.3 is 0 Å². The van der Waals surface area contributed by atoms with Gasteiger partial charge in [0.1, 0.15) is 11.2 Å². The fourth-order valence-corrected chi connectivity index (χ4v) is 6.34. The van der Waals surface area contributed by atoms with E-state index in [2.05, 4.69) is 49.8 Å². The van der Waals surface area contributed by atoms with Gasteiger partial charge in [0.2, 0.25) is 0 Å². The van der Waals surface area contributed by atoms with E-state index < -0.39 is 0 Å². The Labute approximate surface area is 157 Å². The average Bonchev–Trinajstić information content (AvgIpc) is 3.17. The number of rotatable bonds is 3. The fraction of sp³-hybridized carbons (Fsp3) is 0.550. The normalized spacial score (nSPS) is 22.8. The Kier molecular flexibility index (Phi) is 4.19. The van der Waals surface area contributed by atoms with Crippen molar-refractivity contribution in [2.24, 2.45) is 11.3 Å². The number of fused-ring (bicyclic) bond motifs is 3. The van der Waals surface area contributed by atoms with Crippen molar-refractivity contribution >= 4 is 33.6 Å². The van der Waals surface area contributed by atoms with Crippen molar-refractivity contribution in [1.29, 1.82) is 0 Å². The number of carbonyl (C=O) groups excluding carboxylic acids is 1. The second-order valence-electron chi connectivity index (χ2n) is 8.01. The Morgan fingerprint density at radius 3 is 2.80 bits per heavy atom. The lowest BCUT2D eigenvalue weighted by Gasteiger charge is -2.36. The van der Waals surface area contributed by atoms with E-state index in [1.54, 1.807) is 11.3 Å². The van der Waals surface area contributed by atoms with Crippen LogP contribution in [0.2, 0.25) is 0 Å². The number of nitrogens with one attached hydrogen (secondary N) is 2. The molecule has 2 aliphatic rings. The summed E-state index contributed by atoms with van der Waals surface area (Å²) in [5.74, 6) is 0.806. The molecule has 0 saturated heterocycles. The first kappa shape index (κ1) is 17.1. The molecule has 0 unspecified atom stereocenters. The molecule has 0 spiro atoms. The van der Waals surface area contributed by atoms with Crippen LogP contribution in [-0.4, -0.2) is 5.91 Å². The number of thiophene rings is 2. The number of hydrogen-bond donors (Lipinski definition) is 2. The highest BCUT2D eigenvalue weighted by atomic mass is 32.1. The molecular formula is C20H26N2OS2. The molecule has 1 aliphatic heterocycles. The Morgan fingerprint density at radius 1 is 1.32 bits per heavy atom. The molecule has 1 amide bonds. The van der Waals surface area contributed by atoms with Crippen LogP contribution in [-0.2, 0) is 12.8 Å². The van der Waals surface area contributed by atoms with Crippen molar-refractivity contribution < 1.29 is 4.79 Å². The lowest BCUT2D eigenvalue weighted by atomic mass is 9.69. The highest BCUT2D eigenvalue weighted by Gasteiger charge is 2.37. The van der Waals surface area contributed by atoms with Crippen molar-refractivity contribution in [1.82, 2.24) is 5.32 Å². The Hall–Kier alpha value is -1.33. The molecule has 2 aromatic heterocycles. The molecule has 25 heavy (non-hydrogen) atoms. The zero-order valence-electron chi connectivity index (χ0n) is 15.4. The molecule has 0 saturated carbocycles. The molecule has 2 aromatic rings. The van der Waals surface area contributed by atoms with Gasteiger partial charge in [0.15, 0.2) is 0 Å². The third kappa shape index (κ3) is 2.81. The van der Waals surface area contributed by atoms with Crippen molar-refractivity contribution in [3.8, 4) is 0 Å². The summed E-state index contributed by atoms with van der Waals surface area (Å²) in [6.07, 6.45) is 4.45. The van der Waals surface area contributed by atoms with E-state index in [-0.39, 0.29) is 12.1 Å². The van der Waals surface area contributed by atoms with Gasteiger partial charge in [-0.1, -0.05) is 27.2 Å². The molecule has 0 fully saturated rings.